The van der Waals surface area contributed by atoms with Crippen LogP contribution < -0.4 is 0 Å². The molecule has 0 bridgehead atoms. The summed E-state index contributed by atoms with van der Waals surface area (Å²) in [6.45, 7) is 4.24. The molecule has 2 unspecified atom stereocenters. The monoisotopic (exact) mass is 254 g/mol. The highest BCUT2D eigenvalue weighted by atomic mass is 32.1. The molecule has 2 N–H and O–H groups in total. The van der Waals surface area contributed by atoms with Gasteiger partial charge in [0, 0.05) is 0 Å². The predicted octanol–water partition coefficient (Wildman–Crippen LogP) is 3.09. The van der Waals surface area contributed by atoms with Crippen LogP contribution in [0, 0.1) is 11.8 Å². The minimum absolute atomic E-state index is 0.263. The van der Waals surface area contributed by atoms with Crippen LogP contribution in [0.15, 0.2) is 11.4 Å². The summed E-state index contributed by atoms with van der Waals surface area (Å²) in [4.78, 5) is 11.8. The Balaban J connectivity index is 2.36. The Morgan fingerprint density at radius 3 is 2.53 bits per heavy atom. The lowest BCUT2D eigenvalue weighted by Crippen LogP contribution is -2.35. The van der Waals surface area contributed by atoms with E-state index >= 15 is 0 Å². The summed E-state index contributed by atoms with van der Waals surface area (Å²) in [6, 6.07) is 1.59. The van der Waals surface area contributed by atoms with Crippen molar-refractivity contribution < 1.29 is 15.0 Å². The zero-order valence-corrected chi connectivity index (χ0v) is 11.0. The van der Waals surface area contributed by atoms with Crippen LogP contribution in [0.4, 0.5) is 0 Å². The third kappa shape index (κ3) is 2.38. The maximum atomic E-state index is 11.1. The Labute approximate surface area is 105 Å². The third-order valence-corrected chi connectivity index (χ3v) is 4.60. The standard InChI is InChI=1S/C13H18O3S/c1-8-5-9(2)7-13(16,6-8)11-10(12(14)15)3-4-17-11/h3-4,8-9,16H,5-7H2,1-2H3,(H,14,15). The van der Waals surface area contributed by atoms with Crippen LogP contribution in [0.25, 0.3) is 0 Å². The molecule has 1 aliphatic rings. The minimum Gasteiger partial charge on any atom is -0.478 e. The lowest BCUT2D eigenvalue weighted by Gasteiger charge is -2.38. The Hall–Kier alpha value is -0.870. The quantitative estimate of drug-likeness (QED) is 0.852. The number of aliphatic hydroxyl groups is 1. The maximum absolute atomic E-state index is 11.1. The summed E-state index contributed by atoms with van der Waals surface area (Å²) < 4.78 is 0. The van der Waals surface area contributed by atoms with Crippen molar-refractivity contribution >= 4 is 17.3 Å². The van der Waals surface area contributed by atoms with Crippen LogP contribution >= 0.6 is 11.3 Å². The first-order valence-electron chi connectivity index (χ1n) is 5.96. The second-order valence-corrected chi connectivity index (χ2v) is 6.27. The van der Waals surface area contributed by atoms with Gasteiger partial charge in [-0.05, 0) is 42.5 Å². The van der Waals surface area contributed by atoms with E-state index in [4.69, 9.17) is 5.11 Å². The van der Waals surface area contributed by atoms with E-state index in [2.05, 4.69) is 13.8 Å². The molecule has 0 aliphatic heterocycles. The van der Waals surface area contributed by atoms with Crippen molar-refractivity contribution in [3.63, 3.8) is 0 Å². The molecule has 1 aliphatic carbocycles. The van der Waals surface area contributed by atoms with Crippen molar-refractivity contribution in [2.24, 2.45) is 11.8 Å². The molecule has 0 radical (unpaired) electrons. The van der Waals surface area contributed by atoms with Gasteiger partial charge in [0.1, 0.15) is 5.60 Å². The van der Waals surface area contributed by atoms with E-state index in [9.17, 15) is 9.90 Å². The molecule has 17 heavy (non-hydrogen) atoms. The predicted molar refractivity (Wildman–Crippen MR) is 67.4 cm³/mol. The molecule has 94 valence electrons. The third-order valence-electron chi connectivity index (χ3n) is 3.50. The van der Waals surface area contributed by atoms with Crippen molar-refractivity contribution in [1.29, 1.82) is 0 Å². The van der Waals surface area contributed by atoms with Crippen LogP contribution in [0.2, 0.25) is 0 Å². The first-order chi connectivity index (χ1) is 7.92. The van der Waals surface area contributed by atoms with Gasteiger partial charge in [-0.15, -0.1) is 11.3 Å². The smallest absolute Gasteiger partial charge is 0.336 e. The largest absolute Gasteiger partial charge is 0.478 e. The number of carboxylic acid groups (broad SMARTS) is 1. The molecular weight excluding hydrogens is 236 g/mol. The molecule has 0 saturated heterocycles. The number of hydrogen-bond acceptors (Lipinski definition) is 3. The highest BCUT2D eigenvalue weighted by Crippen LogP contribution is 2.45. The molecule has 2 atom stereocenters. The second-order valence-electron chi connectivity index (χ2n) is 5.35. The zero-order chi connectivity index (χ0) is 12.6. The van der Waals surface area contributed by atoms with Crippen LogP contribution in [0.1, 0.15) is 48.3 Å². The summed E-state index contributed by atoms with van der Waals surface area (Å²) in [5, 5.41) is 21.6. The number of thiophene rings is 1. The normalized spacial score (nSPS) is 33.6. The molecule has 1 aromatic rings. The maximum Gasteiger partial charge on any atom is 0.336 e. The molecule has 1 fully saturated rings. The number of rotatable bonds is 2. The fourth-order valence-electron chi connectivity index (χ4n) is 3.11. The van der Waals surface area contributed by atoms with Gasteiger partial charge < -0.3 is 10.2 Å². The Bertz CT molecular complexity index is 414. The highest BCUT2D eigenvalue weighted by molar-refractivity contribution is 7.10. The Kier molecular flexibility index (Phi) is 3.27. The van der Waals surface area contributed by atoms with Crippen molar-refractivity contribution in [3.05, 3.63) is 21.9 Å². The van der Waals surface area contributed by atoms with E-state index in [0.29, 0.717) is 29.6 Å². The fraction of sp³-hybridized carbons (Fsp3) is 0.615. The SMILES string of the molecule is CC1CC(C)CC(O)(c2sccc2C(=O)O)C1. The number of carboxylic acids is 1. The average molecular weight is 254 g/mol. The lowest BCUT2D eigenvalue weighted by molar-refractivity contribution is -0.0340. The van der Waals surface area contributed by atoms with Crippen molar-refractivity contribution in [2.75, 3.05) is 0 Å². The molecule has 0 aromatic carbocycles. The van der Waals surface area contributed by atoms with E-state index in [0.717, 1.165) is 6.42 Å². The van der Waals surface area contributed by atoms with Gasteiger partial charge >= 0.3 is 5.97 Å². The van der Waals surface area contributed by atoms with E-state index in [-0.39, 0.29) is 5.56 Å². The molecular formula is C13H18O3S. The minimum atomic E-state index is -0.945. The Morgan fingerprint density at radius 1 is 1.41 bits per heavy atom. The first-order valence-corrected chi connectivity index (χ1v) is 6.84. The van der Waals surface area contributed by atoms with Gasteiger partial charge in [0.25, 0.3) is 0 Å². The summed E-state index contributed by atoms with van der Waals surface area (Å²) in [5.41, 5.74) is -0.683. The van der Waals surface area contributed by atoms with Gasteiger partial charge in [-0.2, -0.15) is 0 Å². The second kappa shape index (κ2) is 4.42. The van der Waals surface area contributed by atoms with Gasteiger partial charge in [-0.1, -0.05) is 13.8 Å². The molecule has 2 rings (SSSR count). The van der Waals surface area contributed by atoms with E-state index in [1.165, 1.54) is 11.3 Å². The van der Waals surface area contributed by atoms with Gasteiger partial charge in [-0.3, -0.25) is 0 Å². The fourth-order valence-corrected chi connectivity index (χ4v) is 4.12. The van der Waals surface area contributed by atoms with Crippen LogP contribution in [0.5, 0.6) is 0 Å². The van der Waals surface area contributed by atoms with Gasteiger partial charge in [0.2, 0.25) is 0 Å². The van der Waals surface area contributed by atoms with Crippen LogP contribution in [-0.4, -0.2) is 16.2 Å². The van der Waals surface area contributed by atoms with E-state index < -0.39 is 11.6 Å². The van der Waals surface area contributed by atoms with Gasteiger partial charge in [0.05, 0.1) is 10.4 Å². The molecule has 1 saturated carbocycles. The topological polar surface area (TPSA) is 57.5 Å². The average Bonchev–Trinajstić information content (AvgIpc) is 2.63. The van der Waals surface area contributed by atoms with Gasteiger partial charge in [-0.25, -0.2) is 4.79 Å². The summed E-state index contributed by atoms with van der Waals surface area (Å²) in [7, 11) is 0. The lowest BCUT2D eigenvalue weighted by atomic mass is 9.72. The summed E-state index contributed by atoms with van der Waals surface area (Å²) in [6.07, 6.45) is 2.44. The number of aromatic carboxylic acids is 1. The van der Waals surface area contributed by atoms with E-state index in [1.807, 2.05) is 0 Å². The molecule has 1 aromatic heterocycles. The highest BCUT2D eigenvalue weighted by Gasteiger charge is 2.40. The first kappa shape index (κ1) is 12.6. The Morgan fingerprint density at radius 2 is 2.00 bits per heavy atom. The molecule has 3 nitrogen and oxygen atoms in total. The van der Waals surface area contributed by atoms with Crippen molar-refractivity contribution in [1.82, 2.24) is 0 Å². The number of hydrogen-bond donors (Lipinski definition) is 2. The summed E-state index contributed by atoms with van der Waals surface area (Å²) >= 11 is 1.36. The molecule has 0 amide bonds. The van der Waals surface area contributed by atoms with Crippen molar-refractivity contribution in [3.8, 4) is 0 Å². The van der Waals surface area contributed by atoms with Crippen molar-refractivity contribution in [2.45, 2.75) is 38.7 Å². The molecule has 1 heterocycles. The molecule has 4 heteroatoms. The van der Waals surface area contributed by atoms with Crippen LogP contribution in [0.3, 0.4) is 0 Å². The van der Waals surface area contributed by atoms with Gasteiger partial charge in [0.15, 0.2) is 0 Å². The number of carbonyl (C=O) groups is 1. The van der Waals surface area contributed by atoms with E-state index in [1.54, 1.807) is 11.4 Å². The van der Waals surface area contributed by atoms with Crippen LogP contribution in [-0.2, 0) is 5.60 Å². The summed E-state index contributed by atoms with van der Waals surface area (Å²) in [5.74, 6) is -0.0689. The molecule has 0 spiro atoms. The zero-order valence-electron chi connectivity index (χ0n) is 10.1.